The highest BCUT2D eigenvalue weighted by Gasteiger charge is 2.27. The Bertz CT molecular complexity index is 326. The molecule has 0 spiro atoms. The third-order valence-electron chi connectivity index (χ3n) is 1.96. The lowest BCUT2D eigenvalue weighted by molar-refractivity contribution is -0.132. The van der Waals surface area contributed by atoms with Gasteiger partial charge in [0.05, 0.1) is 18.0 Å². The summed E-state index contributed by atoms with van der Waals surface area (Å²) in [6.07, 6.45) is -5.03. The SMILES string of the molecule is CN(CCC(F)(F)F)c1ccc(CCl)nn1. The van der Waals surface area contributed by atoms with Crippen molar-refractivity contribution in [3.8, 4) is 0 Å². The number of aromatic nitrogens is 2. The molecular formula is C9H11ClF3N3. The smallest absolute Gasteiger partial charge is 0.358 e. The molecule has 1 aromatic heterocycles. The third kappa shape index (κ3) is 4.22. The van der Waals surface area contributed by atoms with E-state index in [1.165, 1.54) is 11.9 Å². The van der Waals surface area contributed by atoms with E-state index in [4.69, 9.17) is 11.6 Å². The van der Waals surface area contributed by atoms with Gasteiger partial charge in [-0.15, -0.1) is 16.7 Å². The van der Waals surface area contributed by atoms with Crippen LogP contribution in [0.25, 0.3) is 0 Å². The van der Waals surface area contributed by atoms with Crippen molar-refractivity contribution in [2.45, 2.75) is 18.5 Å². The number of nitrogens with zero attached hydrogens (tertiary/aromatic N) is 3. The predicted molar refractivity (Wildman–Crippen MR) is 55.5 cm³/mol. The van der Waals surface area contributed by atoms with Gasteiger partial charge >= 0.3 is 6.18 Å². The van der Waals surface area contributed by atoms with Gasteiger partial charge in [-0.1, -0.05) is 0 Å². The molecule has 0 aliphatic rings. The lowest BCUT2D eigenvalue weighted by Gasteiger charge is -2.18. The largest absolute Gasteiger partial charge is 0.390 e. The van der Waals surface area contributed by atoms with Crippen molar-refractivity contribution in [3.05, 3.63) is 17.8 Å². The van der Waals surface area contributed by atoms with Crippen molar-refractivity contribution < 1.29 is 13.2 Å². The van der Waals surface area contributed by atoms with Crippen molar-refractivity contribution in [2.75, 3.05) is 18.5 Å². The van der Waals surface area contributed by atoms with Crippen molar-refractivity contribution in [1.82, 2.24) is 10.2 Å². The Kier molecular flexibility index (Phi) is 4.35. The van der Waals surface area contributed by atoms with Crippen LogP contribution in [0.1, 0.15) is 12.1 Å². The van der Waals surface area contributed by atoms with E-state index in [1.807, 2.05) is 0 Å². The van der Waals surface area contributed by atoms with Crippen molar-refractivity contribution >= 4 is 17.4 Å². The van der Waals surface area contributed by atoms with E-state index in [-0.39, 0.29) is 12.4 Å². The highest BCUT2D eigenvalue weighted by Crippen LogP contribution is 2.20. The molecule has 90 valence electrons. The van der Waals surface area contributed by atoms with Crippen LogP contribution in [0.5, 0.6) is 0 Å². The zero-order valence-electron chi connectivity index (χ0n) is 8.63. The quantitative estimate of drug-likeness (QED) is 0.773. The summed E-state index contributed by atoms with van der Waals surface area (Å²) < 4.78 is 35.9. The molecule has 0 N–H and O–H groups in total. The van der Waals surface area contributed by atoms with E-state index in [0.29, 0.717) is 11.5 Å². The zero-order valence-corrected chi connectivity index (χ0v) is 9.39. The molecule has 0 saturated carbocycles. The first-order chi connectivity index (χ1) is 7.42. The van der Waals surface area contributed by atoms with E-state index in [9.17, 15) is 13.2 Å². The van der Waals surface area contributed by atoms with Crippen molar-refractivity contribution in [3.63, 3.8) is 0 Å². The average molecular weight is 254 g/mol. The molecular weight excluding hydrogens is 243 g/mol. The van der Waals surface area contributed by atoms with Gasteiger partial charge in [0.2, 0.25) is 0 Å². The van der Waals surface area contributed by atoms with Gasteiger partial charge in [-0.3, -0.25) is 0 Å². The van der Waals surface area contributed by atoms with Gasteiger partial charge in [0, 0.05) is 13.6 Å². The van der Waals surface area contributed by atoms with Crippen LogP contribution >= 0.6 is 11.6 Å². The molecule has 0 saturated heterocycles. The third-order valence-corrected chi connectivity index (χ3v) is 2.24. The minimum atomic E-state index is -4.15. The van der Waals surface area contributed by atoms with Gasteiger partial charge in [-0.2, -0.15) is 18.3 Å². The Morgan fingerprint density at radius 3 is 2.44 bits per heavy atom. The molecule has 0 fully saturated rings. The molecule has 0 amide bonds. The maximum Gasteiger partial charge on any atom is 0.390 e. The van der Waals surface area contributed by atoms with Crippen LogP contribution in [0.3, 0.4) is 0 Å². The highest BCUT2D eigenvalue weighted by molar-refractivity contribution is 6.16. The summed E-state index contributed by atoms with van der Waals surface area (Å²) >= 11 is 5.51. The molecule has 16 heavy (non-hydrogen) atoms. The Labute approximate surface area is 96.2 Å². The Balaban J connectivity index is 2.56. The van der Waals surface area contributed by atoms with Crippen LogP contribution in [0.2, 0.25) is 0 Å². The van der Waals surface area contributed by atoms with E-state index in [0.717, 1.165) is 0 Å². The topological polar surface area (TPSA) is 29.0 Å². The van der Waals surface area contributed by atoms with Gasteiger partial charge in [0.15, 0.2) is 5.82 Å². The van der Waals surface area contributed by atoms with Crippen LogP contribution in [0, 0.1) is 0 Å². The summed E-state index contributed by atoms with van der Waals surface area (Å²) in [6.45, 7) is -0.140. The Hall–Kier alpha value is -1.04. The second-order valence-electron chi connectivity index (χ2n) is 3.30. The summed E-state index contributed by atoms with van der Waals surface area (Å²) in [5, 5.41) is 7.53. The molecule has 1 rings (SSSR count). The maximum atomic E-state index is 12.0. The predicted octanol–water partition coefficient (Wildman–Crippen LogP) is 2.60. The fourth-order valence-corrected chi connectivity index (χ4v) is 1.18. The molecule has 0 radical (unpaired) electrons. The van der Waals surface area contributed by atoms with Gasteiger partial charge < -0.3 is 4.90 Å². The fourth-order valence-electron chi connectivity index (χ4n) is 1.04. The average Bonchev–Trinajstić information content (AvgIpc) is 2.25. The van der Waals surface area contributed by atoms with Gasteiger partial charge in [-0.25, -0.2) is 0 Å². The molecule has 0 bridgehead atoms. The normalized spacial score (nSPS) is 11.6. The summed E-state index contributed by atoms with van der Waals surface area (Å²) in [6, 6.07) is 3.24. The Morgan fingerprint density at radius 1 is 1.31 bits per heavy atom. The summed E-state index contributed by atoms with van der Waals surface area (Å²) in [4.78, 5) is 1.40. The number of anilines is 1. The van der Waals surface area contributed by atoms with E-state index in [1.54, 1.807) is 12.1 Å². The number of alkyl halides is 4. The second kappa shape index (κ2) is 5.34. The summed E-state index contributed by atoms with van der Waals surface area (Å²) in [5.41, 5.74) is 0.592. The molecule has 0 aliphatic heterocycles. The monoisotopic (exact) mass is 253 g/mol. The first-order valence-electron chi connectivity index (χ1n) is 4.59. The molecule has 0 atom stereocenters. The van der Waals surface area contributed by atoms with Crippen molar-refractivity contribution in [1.29, 1.82) is 0 Å². The molecule has 0 unspecified atom stereocenters. The van der Waals surface area contributed by atoms with Gasteiger partial charge in [-0.05, 0) is 12.1 Å². The molecule has 0 aliphatic carbocycles. The fraction of sp³-hybridized carbons (Fsp3) is 0.556. The Morgan fingerprint density at radius 2 is 2.00 bits per heavy atom. The molecule has 1 heterocycles. The minimum Gasteiger partial charge on any atom is -0.358 e. The lowest BCUT2D eigenvalue weighted by atomic mass is 10.3. The van der Waals surface area contributed by atoms with Crippen LogP contribution in [0.4, 0.5) is 19.0 Å². The van der Waals surface area contributed by atoms with Crippen LogP contribution in [-0.2, 0) is 5.88 Å². The van der Waals surface area contributed by atoms with E-state index >= 15 is 0 Å². The number of rotatable bonds is 4. The maximum absolute atomic E-state index is 12.0. The molecule has 7 heteroatoms. The summed E-state index contributed by atoms with van der Waals surface area (Å²) in [5.74, 6) is 0.637. The second-order valence-corrected chi connectivity index (χ2v) is 3.57. The van der Waals surface area contributed by atoms with E-state index in [2.05, 4.69) is 10.2 Å². The standard InChI is InChI=1S/C9H11ClF3N3/c1-16(5-4-9(11,12)13)8-3-2-7(6-10)14-15-8/h2-3H,4-6H2,1H3. The first kappa shape index (κ1) is 13.0. The highest BCUT2D eigenvalue weighted by atomic mass is 35.5. The molecule has 1 aromatic rings. The van der Waals surface area contributed by atoms with Gasteiger partial charge in [0.1, 0.15) is 0 Å². The number of halogens is 4. The number of hydrogen-bond donors (Lipinski definition) is 0. The van der Waals surface area contributed by atoms with E-state index < -0.39 is 12.6 Å². The van der Waals surface area contributed by atoms with Gasteiger partial charge in [0.25, 0.3) is 0 Å². The lowest BCUT2D eigenvalue weighted by Crippen LogP contribution is -2.25. The van der Waals surface area contributed by atoms with Crippen LogP contribution in [-0.4, -0.2) is 30.0 Å². The molecule has 0 aromatic carbocycles. The van der Waals surface area contributed by atoms with Crippen molar-refractivity contribution in [2.24, 2.45) is 0 Å². The van der Waals surface area contributed by atoms with Crippen LogP contribution in [0.15, 0.2) is 12.1 Å². The summed E-state index contributed by atoms with van der Waals surface area (Å²) in [7, 11) is 1.54. The molecule has 3 nitrogen and oxygen atoms in total. The zero-order chi connectivity index (χ0) is 12.2. The number of hydrogen-bond acceptors (Lipinski definition) is 3. The minimum absolute atomic E-state index is 0.140. The van der Waals surface area contributed by atoms with Crippen LogP contribution < -0.4 is 4.90 Å². The first-order valence-corrected chi connectivity index (χ1v) is 5.12.